The summed E-state index contributed by atoms with van der Waals surface area (Å²) in [5, 5.41) is 8.01. The maximum Gasteiger partial charge on any atom is 0.260 e. The standard InChI is InChI=1S/C17H19N3O2S3/c1-3-5-10(2)18-13(21)9-25-17-19-15(22)14-11(8-24-16(14)20-17)12-6-4-7-23-12/h4,6-8,10H,3,5,9H2,1-2H3,(H,18,21)(H,19,20,22)/t10-/m1/s1. The van der Waals surface area contributed by atoms with Crippen molar-refractivity contribution in [2.75, 3.05) is 5.75 Å². The van der Waals surface area contributed by atoms with Crippen LogP contribution in [0.1, 0.15) is 26.7 Å². The Morgan fingerprint density at radius 1 is 1.44 bits per heavy atom. The zero-order valence-electron chi connectivity index (χ0n) is 14.0. The largest absolute Gasteiger partial charge is 0.353 e. The first-order valence-corrected chi connectivity index (χ1v) is 10.8. The van der Waals surface area contributed by atoms with E-state index in [1.807, 2.05) is 29.8 Å². The Morgan fingerprint density at radius 2 is 2.28 bits per heavy atom. The third-order valence-corrected chi connectivity index (χ3v) is 6.33. The number of thiophene rings is 2. The molecule has 2 N–H and O–H groups in total. The molecular formula is C17H19N3O2S3. The van der Waals surface area contributed by atoms with Crippen LogP contribution in [0.2, 0.25) is 0 Å². The summed E-state index contributed by atoms with van der Waals surface area (Å²) in [6, 6.07) is 4.13. The monoisotopic (exact) mass is 393 g/mol. The van der Waals surface area contributed by atoms with E-state index >= 15 is 0 Å². The van der Waals surface area contributed by atoms with Gasteiger partial charge in [0.1, 0.15) is 4.83 Å². The molecule has 0 saturated heterocycles. The molecule has 3 aromatic rings. The van der Waals surface area contributed by atoms with Crippen LogP contribution in [0.15, 0.2) is 32.8 Å². The molecule has 0 aromatic carbocycles. The second-order valence-electron chi connectivity index (χ2n) is 5.72. The van der Waals surface area contributed by atoms with Crippen LogP contribution in [0.5, 0.6) is 0 Å². The molecule has 5 nitrogen and oxygen atoms in total. The minimum atomic E-state index is -0.156. The second kappa shape index (κ2) is 8.16. The van der Waals surface area contributed by atoms with Crippen LogP contribution < -0.4 is 10.9 Å². The molecule has 0 spiro atoms. The predicted molar refractivity (Wildman–Crippen MR) is 107 cm³/mol. The quantitative estimate of drug-likeness (QED) is 0.468. The number of nitrogens with one attached hydrogen (secondary N) is 2. The number of rotatable bonds is 7. The summed E-state index contributed by atoms with van der Waals surface area (Å²) < 4.78 is 0. The number of H-pyrrole nitrogens is 1. The highest BCUT2D eigenvalue weighted by molar-refractivity contribution is 7.99. The molecule has 0 saturated carbocycles. The van der Waals surface area contributed by atoms with Gasteiger partial charge in [0, 0.05) is 21.9 Å². The molecule has 0 unspecified atom stereocenters. The fourth-order valence-corrected chi connectivity index (χ4v) is 5.06. The van der Waals surface area contributed by atoms with Crippen molar-refractivity contribution in [1.82, 2.24) is 15.3 Å². The van der Waals surface area contributed by atoms with Gasteiger partial charge in [0.25, 0.3) is 5.56 Å². The molecule has 1 atom stereocenters. The topological polar surface area (TPSA) is 74.8 Å². The SMILES string of the molecule is CCC[C@@H](C)NC(=O)CSc1nc2scc(-c3cccs3)c2c(=O)[nH]1. The Balaban J connectivity index is 1.74. The van der Waals surface area contributed by atoms with Gasteiger partial charge in [0.05, 0.1) is 11.1 Å². The van der Waals surface area contributed by atoms with Gasteiger partial charge in [-0.2, -0.15) is 0 Å². The molecule has 0 aliphatic rings. The summed E-state index contributed by atoms with van der Waals surface area (Å²) >= 11 is 4.31. The summed E-state index contributed by atoms with van der Waals surface area (Å²) in [5.41, 5.74) is 0.767. The van der Waals surface area contributed by atoms with Gasteiger partial charge in [-0.3, -0.25) is 9.59 Å². The summed E-state index contributed by atoms with van der Waals surface area (Å²) in [7, 11) is 0. The maximum atomic E-state index is 12.5. The van der Waals surface area contributed by atoms with E-state index in [2.05, 4.69) is 22.2 Å². The summed E-state index contributed by atoms with van der Waals surface area (Å²) in [4.78, 5) is 33.5. The van der Waals surface area contributed by atoms with Crippen molar-refractivity contribution < 1.29 is 4.79 Å². The van der Waals surface area contributed by atoms with Gasteiger partial charge in [-0.25, -0.2) is 4.98 Å². The van der Waals surface area contributed by atoms with Gasteiger partial charge in [0.2, 0.25) is 5.91 Å². The Hall–Kier alpha value is -1.64. The van der Waals surface area contributed by atoms with Crippen LogP contribution in [0, 0.1) is 0 Å². The molecule has 8 heteroatoms. The van der Waals surface area contributed by atoms with Gasteiger partial charge in [-0.05, 0) is 24.8 Å². The van der Waals surface area contributed by atoms with Crippen molar-refractivity contribution in [3.05, 3.63) is 33.2 Å². The Morgan fingerprint density at radius 3 is 3.00 bits per heavy atom. The summed E-state index contributed by atoms with van der Waals surface area (Å²) in [6.45, 7) is 4.09. The van der Waals surface area contributed by atoms with E-state index in [1.165, 1.54) is 23.1 Å². The average molecular weight is 394 g/mol. The van der Waals surface area contributed by atoms with Crippen LogP contribution in [0.4, 0.5) is 0 Å². The van der Waals surface area contributed by atoms with E-state index in [1.54, 1.807) is 11.3 Å². The molecule has 0 fully saturated rings. The highest BCUT2D eigenvalue weighted by atomic mass is 32.2. The zero-order chi connectivity index (χ0) is 17.8. The van der Waals surface area contributed by atoms with Crippen LogP contribution >= 0.6 is 34.4 Å². The first-order valence-electron chi connectivity index (χ1n) is 8.06. The van der Waals surface area contributed by atoms with E-state index in [-0.39, 0.29) is 23.3 Å². The van der Waals surface area contributed by atoms with Crippen LogP contribution in [-0.2, 0) is 4.79 Å². The lowest BCUT2D eigenvalue weighted by molar-refractivity contribution is -0.119. The van der Waals surface area contributed by atoms with Gasteiger partial charge in [-0.15, -0.1) is 22.7 Å². The Kier molecular flexibility index (Phi) is 5.93. The van der Waals surface area contributed by atoms with Crippen LogP contribution in [0.3, 0.4) is 0 Å². The van der Waals surface area contributed by atoms with E-state index in [9.17, 15) is 9.59 Å². The highest BCUT2D eigenvalue weighted by Crippen LogP contribution is 2.33. The molecule has 3 rings (SSSR count). The molecule has 132 valence electrons. The third kappa shape index (κ3) is 4.31. The number of fused-ring (bicyclic) bond motifs is 1. The molecule has 3 heterocycles. The first kappa shape index (κ1) is 18.2. The number of hydrogen-bond acceptors (Lipinski definition) is 6. The number of amides is 1. The van der Waals surface area contributed by atoms with Crippen molar-refractivity contribution >= 4 is 50.6 Å². The van der Waals surface area contributed by atoms with Crippen LogP contribution in [-0.4, -0.2) is 27.7 Å². The normalized spacial score (nSPS) is 12.4. The van der Waals surface area contributed by atoms with E-state index in [0.717, 1.165) is 23.3 Å². The lowest BCUT2D eigenvalue weighted by Gasteiger charge is -2.12. The minimum absolute atomic E-state index is 0.0425. The number of hydrogen-bond donors (Lipinski definition) is 2. The molecule has 0 bridgehead atoms. The van der Waals surface area contributed by atoms with Gasteiger partial charge in [0.15, 0.2) is 5.16 Å². The predicted octanol–water partition coefficient (Wildman–Crippen LogP) is 4.11. The van der Waals surface area contributed by atoms with E-state index < -0.39 is 0 Å². The lowest BCUT2D eigenvalue weighted by Crippen LogP contribution is -2.33. The van der Waals surface area contributed by atoms with Crippen molar-refractivity contribution in [2.45, 2.75) is 37.9 Å². The number of carbonyl (C=O) groups is 1. The Labute approximate surface area is 157 Å². The second-order valence-corrected chi connectivity index (χ2v) is 8.49. The highest BCUT2D eigenvalue weighted by Gasteiger charge is 2.14. The Bertz CT molecular complexity index is 915. The van der Waals surface area contributed by atoms with Crippen molar-refractivity contribution in [2.24, 2.45) is 0 Å². The van der Waals surface area contributed by atoms with Crippen molar-refractivity contribution in [3.8, 4) is 10.4 Å². The third-order valence-electron chi connectivity index (χ3n) is 3.68. The van der Waals surface area contributed by atoms with Crippen LogP contribution in [0.25, 0.3) is 20.7 Å². The van der Waals surface area contributed by atoms with E-state index in [4.69, 9.17) is 0 Å². The van der Waals surface area contributed by atoms with Gasteiger partial charge in [-0.1, -0.05) is 31.2 Å². The molecule has 0 aliphatic heterocycles. The zero-order valence-corrected chi connectivity index (χ0v) is 16.4. The molecule has 3 aromatic heterocycles. The first-order chi connectivity index (χ1) is 12.1. The smallest absolute Gasteiger partial charge is 0.260 e. The molecular weight excluding hydrogens is 374 g/mol. The maximum absolute atomic E-state index is 12.5. The molecule has 0 aliphatic carbocycles. The molecule has 0 radical (unpaired) electrons. The van der Waals surface area contributed by atoms with Gasteiger partial charge >= 0.3 is 0 Å². The molecule has 1 amide bonds. The summed E-state index contributed by atoms with van der Waals surface area (Å²) in [6.07, 6.45) is 1.99. The number of aromatic nitrogens is 2. The number of carbonyl (C=O) groups excluding carboxylic acids is 1. The fraction of sp³-hybridized carbons (Fsp3) is 0.353. The lowest BCUT2D eigenvalue weighted by atomic mass is 10.2. The number of thioether (sulfide) groups is 1. The number of nitrogens with zero attached hydrogens (tertiary/aromatic N) is 1. The number of aromatic amines is 1. The van der Waals surface area contributed by atoms with E-state index in [0.29, 0.717) is 15.4 Å². The fourth-order valence-electron chi connectivity index (χ4n) is 2.57. The van der Waals surface area contributed by atoms with Crippen molar-refractivity contribution in [1.29, 1.82) is 0 Å². The average Bonchev–Trinajstić information content (AvgIpc) is 3.22. The van der Waals surface area contributed by atoms with Gasteiger partial charge < -0.3 is 10.3 Å². The molecule has 25 heavy (non-hydrogen) atoms. The minimum Gasteiger partial charge on any atom is -0.353 e. The summed E-state index contributed by atoms with van der Waals surface area (Å²) in [5.74, 6) is 0.199. The van der Waals surface area contributed by atoms with Crippen molar-refractivity contribution in [3.63, 3.8) is 0 Å².